The molecule has 1 unspecified atom stereocenters. The highest BCUT2D eigenvalue weighted by atomic mass is 16.6. The Morgan fingerprint density at radius 1 is 1.69 bits per heavy atom. The van der Waals surface area contributed by atoms with Gasteiger partial charge in [0.1, 0.15) is 0 Å². The summed E-state index contributed by atoms with van der Waals surface area (Å²) in [6.07, 6.45) is 9.84. The van der Waals surface area contributed by atoms with E-state index >= 15 is 0 Å². The van der Waals surface area contributed by atoms with E-state index in [9.17, 15) is 10.1 Å². The van der Waals surface area contributed by atoms with Gasteiger partial charge in [-0.3, -0.25) is 10.1 Å². The second-order valence-corrected chi connectivity index (χ2v) is 3.43. The van der Waals surface area contributed by atoms with Crippen LogP contribution in [0.3, 0.4) is 0 Å². The van der Waals surface area contributed by atoms with E-state index in [0.717, 1.165) is 0 Å². The lowest BCUT2D eigenvalue weighted by atomic mass is 9.83. The molecular formula is C10H13NO2. The molecular weight excluding hydrogens is 166 g/mol. The fourth-order valence-corrected chi connectivity index (χ4v) is 1.38. The molecule has 0 spiro atoms. The average molecular weight is 179 g/mol. The second-order valence-electron chi connectivity index (χ2n) is 3.43. The normalized spacial score (nSPS) is 27.7. The molecule has 0 fully saturated rings. The molecule has 0 aromatic rings. The van der Waals surface area contributed by atoms with E-state index in [-0.39, 0.29) is 16.0 Å². The molecule has 0 amide bonds. The Balaban J connectivity index is 2.78. The third kappa shape index (κ3) is 2.28. The predicted octanol–water partition coefficient (Wildman–Crippen LogP) is 2.69. The SMILES string of the molecule is C/C=C/C1(C)C=CC([N+](=O)[O-])=CC1. The van der Waals surface area contributed by atoms with Gasteiger partial charge in [-0.1, -0.05) is 25.2 Å². The summed E-state index contributed by atoms with van der Waals surface area (Å²) in [4.78, 5) is 10.0. The molecule has 1 atom stereocenters. The van der Waals surface area contributed by atoms with Crippen molar-refractivity contribution in [1.29, 1.82) is 0 Å². The van der Waals surface area contributed by atoms with Gasteiger partial charge in [-0.15, -0.1) is 0 Å². The molecule has 0 aliphatic heterocycles. The minimum atomic E-state index is -0.355. The van der Waals surface area contributed by atoms with E-state index in [1.54, 1.807) is 12.2 Å². The Morgan fingerprint density at radius 3 is 2.77 bits per heavy atom. The van der Waals surface area contributed by atoms with Gasteiger partial charge in [0.05, 0.1) is 4.92 Å². The zero-order valence-corrected chi connectivity index (χ0v) is 7.86. The first-order valence-electron chi connectivity index (χ1n) is 4.25. The molecule has 3 heteroatoms. The van der Waals surface area contributed by atoms with Crippen LogP contribution in [0.15, 0.2) is 36.1 Å². The first-order valence-corrected chi connectivity index (χ1v) is 4.25. The second kappa shape index (κ2) is 3.56. The van der Waals surface area contributed by atoms with Crippen molar-refractivity contribution in [3.05, 3.63) is 46.2 Å². The number of hydrogen-bond acceptors (Lipinski definition) is 2. The highest BCUT2D eigenvalue weighted by molar-refractivity contribution is 5.24. The van der Waals surface area contributed by atoms with E-state index in [0.29, 0.717) is 6.42 Å². The van der Waals surface area contributed by atoms with Crippen molar-refractivity contribution in [3.63, 3.8) is 0 Å². The molecule has 0 radical (unpaired) electrons. The van der Waals surface area contributed by atoms with Crippen molar-refractivity contribution < 1.29 is 4.92 Å². The van der Waals surface area contributed by atoms with Gasteiger partial charge in [0.2, 0.25) is 0 Å². The zero-order valence-electron chi connectivity index (χ0n) is 7.86. The largest absolute Gasteiger partial charge is 0.265 e. The van der Waals surface area contributed by atoms with Crippen molar-refractivity contribution >= 4 is 0 Å². The first kappa shape index (κ1) is 9.71. The van der Waals surface area contributed by atoms with Crippen molar-refractivity contribution in [2.45, 2.75) is 20.3 Å². The zero-order chi connectivity index (χ0) is 9.90. The van der Waals surface area contributed by atoms with E-state index in [4.69, 9.17) is 0 Å². The van der Waals surface area contributed by atoms with Crippen LogP contribution in [-0.2, 0) is 0 Å². The van der Waals surface area contributed by atoms with Gasteiger partial charge >= 0.3 is 0 Å². The lowest BCUT2D eigenvalue weighted by Crippen LogP contribution is -2.13. The number of rotatable bonds is 2. The smallest absolute Gasteiger partial charge is 0.258 e. The monoisotopic (exact) mass is 179 g/mol. The van der Waals surface area contributed by atoms with E-state index < -0.39 is 0 Å². The molecule has 0 saturated heterocycles. The van der Waals surface area contributed by atoms with E-state index in [1.807, 2.05) is 19.1 Å². The maximum absolute atomic E-state index is 10.4. The van der Waals surface area contributed by atoms with Crippen LogP contribution < -0.4 is 0 Å². The number of nitro groups is 1. The lowest BCUT2D eigenvalue weighted by Gasteiger charge is -2.21. The summed E-state index contributed by atoms with van der Waals surface area (Å²) >= 11 is 0. The Labute approximate surface area is 77.6 Å². The Morgan fingerprint density at radius 2 is 2.38 bits per heavy atom. The number of allylic oxidation sites excluding steroid dienone is 5. The van der Waals surface area contributed by atoms with Gasteiger partial charge in [-0.25, -0.2) is 0 Å². The Kier molecular flexibility index (Phi) is 2.66. The van der Waals surface area contributed by atoms with Crippen LogP contribution in [0.4, 0.5) is 0 Å². The summed E-state index contributed by atoms with van der Waals surface area (Å²) in [5.41, 5.74) is 0.149. The molecule has 1 aliphatic rings. The van der Waals surface area contributed by atoms with Crippen LogP contribution >= 0.6 is 0 Å². The van der Waals surface area contributed by atoms with Crippen LogP contribution in [-0.4, -0.2) is 4.92 Å². The van der Waals surface area contributed by atoms with Crippen molar-refractivity contribution in [1.82, 2.24) is 0 Å². The van der Waals surface area contributed by atoms with Crippen LogP contribution in [0.2, 0.25) is 0 Å². The fourth-order valence-electron chi connectivity index (χ4n) is 1.38. The molecule has 70 valence electrons. The van der Waals surface area contributed by atoms with Gasteiger partial charge in [0.15, 0.2) is 0 Å². The number of hydrogen-bond donors (Lipinski definition) is 0. The van der Waals surface area contributed by atoms with Crippen LogP contribution in [0, 0.1) is 15.5 Å². The average Bonchev–Trinajstić information content (AvgIpc) is 2.05. The summed E-state index contributed by atoms with van der Waals surface area (Å²) in [6.45, 7) is 4.00. The molecule has 3 nitrogen and oxygen atoms in total. The summed E-state index contributed by atoms with van der Waals surface area (Å²) in [7, 11) is 0. The summed E-state index contributed by atoms with van der Waals surface area (Å²) in [6, 6.07) is 0. The van der Waals surface area contributed by atoms with Crippen LogP contribution in [0.25, 0.3) is 0 Å². The minimum absolute atomic E-state index is 0.0474. The van der Waals surface area contributed by atoms with Crippen LogP contribution in [0.1, 0.15) is 20.3 Å². The summed E-state index contributed by atoms with van der Waals surface area (Å²) < 4.78 is 0. The van der Waals surface area contributed by atoms with Gasteiger partial charge < -0.3 is 0 Å². The third-order valence-corrected chi connectivity index (χ3v) is 2.14. The molecule has 0 aromatic carbocycles. The first-order chi connectivity index (χ1) is 6.07. The molecule has 1 rings (SSSR count). The van der Waals surface area contributed by atoms with E-state index in [2.05, 4.69) is 13.0 Å². The molecule has 1 aliphatic carbocycles. The molecule has 13 heavy (non-hydrogen) atoms. The van der Waals surface area contributed by atoms with Gasteiger partial charge in [0.25, 0.3) is 5.70 Å². The van der Waals surface area contributed by atoms with Crippen molar-refractivity contribution in [2.24, 2.45) is 5.41 Å². The van der Waals surface area contributed by atoms with Crippen LogP contribution in [0.5, 0.6) is 0 Å². The Bertz CT molecular complexity index is 302. The predicted molar refractivity (Wildman–Crippen MR) is 51.8 cm³/mol. The maximum Gasteiger partial charge on any atom is 0.265 e. The highest BCUT2D eigenvalue weighted by Gasteiger charge is 2.22. The lowest BCUT2D eigenvalue weighted by molar-refractivity contribution is -0.419. The molecule has 0 bridgehead atoms. The molecule has 0 saturated carbocycles. The summed E-state index contributed by atoms with van der Waals surface area (Å²) in [5.74, 6) is 0. The highest BCUT2D eigenvalue weighted by Crippen LogP contribution is 2.30. The number of nitrogens with zero attached hydrogens (tertiary/aromatic N) is 1. The summed E-state index contributed by atoms with van der Waals surface area (Å²) in [5, 5.41) is 10.4. The molecule has 0 N–H and O–H groups in total. The molecule has 0 aromatic heterocycles. The fraction of sp³-hybridized carbons (Fsp3) is 0.400. The van der Waals surface area contributed by atoms with E-state index in [1.165, 1.54) is 0 Å². The van der Waals surface area contributed by atoms with Gasteiger partial charge in [-0.05, 0) is 19.4 Å². The standard InChI is InChI=1S/C10H13NO2/c1-3-6-10(2)7-4-9(5-8-10)11(12)13/h3-7H,8H2,1-2H3/b6-3+. The Hall–Kier alpha value is -1.38. The quantitative estimate of drug-likeness (QED) is 0.371. The topological polar surface area (TPSA) is 43.1 Å². The van der Waals surface area contributed by atoms with Gasteiger partial charge in [-0.2, -0.15) is 0 Å². The third-order valence-electron chi connectivity index (χ3n) is 2.14. The minimum Gasteiger partial charge on any atom is -0.258 e. The maximum atomic E-state index is 10.4. The molecule has 0 heterocycles. The van der Waals surface area contributed by atoms with Gasteiger partial charge in [0, 0.05) is 11.5 Å². The van der Waals surface area contributed by atoms with Crippen molar-refractivity contribution in [2.75, 3.05) is 0 Å². The van der Waals surface area contributed by atoms with Crippen molar-refractivity contribution in [3.8, 4) is 0 Å².